The first-order valence-corrected chi connectivity index (χ1v) is 10.8. The van der Waals surface area contributed by atoms with E-state index in [4.69, 9.17) is 32.5 Å². The van der Waals surface area contributed by atoms with Crippen molar-refractivity contribution in [2.24, 2.45) is 0 Å². The van der Waals surface area contributed by atoms with Gasteiger partial charge < -0.3 is 19.5 Å². The summed E-state index contributed by atoms with van der Waals surface area (Å²) in [6.07, 6.45) is 0. The number of halogens is 2. The van der Waals surface area contributed by atoms with Crippen LogP contribution >= 0.6 is 23.2 Å². The smallest absolute Gasteiger partial charge is 0.278 e. The van der Waals surface area contributed by atoms with Crippen molar-refractivity contribution >= 4 is 34.7 Å². The van der Waals surface area contributed by atoms with Crippen LogP contribution < -0.4 is 10.2 Å². The lowest BCUT2D eigenvalue weighted by Gasteiger charge is -2.31. The van der Waals surface area contributed by atoms with Crippen molar-refractivity contribution in [1.29, 1.82) is 0 Å². The number of fused-ring (bicyclic) bond motifs is 1. The maximum Gasteiger partial charge on any atom is 0.278 e. The minimum atomic E-state index is 0.352. The number of benzene rings is 1. The molecule has 162 valence electrons. The largest absolute Gasteiger partial charge is 0.379 e. The molecule has 1 saturated heterocycles. The molecule has 11 heteroatoms. The second kappa shape index (κ2) is 8.96. The number of nitrogens with one attached hydrogen (secondary N) is 1. The van der Waals surface area contributed by atoms with Crippen LogP contribution in [-0.4, -0.2) is 64.6 Å². The zero-order valence-corrected chi connectivity index (χ0v) is 18.2. The van der Waals surface area contributed by atoms with Crippen LogP contribution in [0, 0.1) is 0 Å². The molecule has 0 aliphatic carbocycles. The Morgan fingerprint density at radius 2 is 1.90 bits per heavy atom. The van der Waals surface area contributed by atoms with Gasteiger partial charge in [0.25, 0.3) is 5.89 Å². The molecule has 4 heterocycles. The third kappa shape index (κ3) is 4.59. The summed E-state index contributed by atoms with van der Waals surface area (Å²) in [6.45, 7) is 5.92. The molecule has 31 heavy (non-hydrogen) atoms. The predicted molar refractivity (Wildman–Crippen MR) is 117 cm³/mol. The molecule has 2 aliphatic rings. The van der Waals surface area contributed by atoms with Crippen LogP contribution in [0.3, 0.4) is 0 Å². The number of hydrogen-bond donors (Lipinski definition) is 1. The Balaban J connectivity index is 1.37. The summed E-state index contributed by atoms with van der Waals surface area (Å²) in [4.78, 5) is 8.94. The van der Waals surface area contributed by atoms with Crippen LogP contribution in [0.25, 0.3) is 11.6 Å². The number of ether oxygens (including phenoxy) is 1. The molecular weight excluding hydrogens is 441 g/mol. The zero-order valence-electron chi connectivity index (χ0n) is 16.7. The molecule has 1 fully saturated rings. The molecule has 5 rings (SSSR count). The van der Waals surface area contributed by atoms with Gasteiger partial charge in [-0.25, -0.2) is 0 Å². The van der Waals surface area contributed by atoms with E-state index in [1.807, 2.05) is 18.2 Å². The Kier molecular flexibility index (Phi) is 5.91. The van der Waals surface area contributed by atoms with Crippen molar-refractivity contribution < 1.29 is 9.26 Å². The topological polar surface area (TPSA) is 92.4 Å². The minimum absolute atomic E-state index is 0.352. The summed E-state index contributed by atoms with van der Waals surface area (Å²) in [5.74, 6) is 1.68. The number of hydrogen-bond acceptors (Lipinski definition) is 9. The second-order valence-electron chi connectivity index (χ2n) is 7.45. The molecule has 0 amide bonds. The van der Waals surface area contributed by atoms with Crippen LogP contribution in [0.4, 0.5) is 11.5 Å². The van der Waals surface area contributed by atoms with Crippen molar-refractivity contribution in [3.8, 4) is 11.6 Å². The minimum Gasteiger partial charge on any atom is -0.379 e. The Bertz CT molecular complexity index is 1070. The number of anilines is 2. The molecule has 1 N–H and O–H groups in total. The average Bonchev–Trinajstić information content (AvgIpc) is 3.25. The van der Waals surface area contributed by atoms with E-state index in [1.165, 1.54) is 0 Å². The van der Waals surface area contributed by atoms with Gasteiger partial charge in [0, 0.05) is 42.8 Å². The van der Waals surface area contributed by atoms with Gasteiger partial charge in [0.1, 0.15) is 0 Å². The number of morpholine rings is 1. The number of nitrogens with zero attached hydrogens (tertiary/aromatic N) is 6. The lowest BCUT2D eigenvalue weighted by atomic mass is 10.1. The third-order valence-corrected chi connectivity index (χ3v) is 5.92. The normalized spacial score (nSPS) is 16.8. The maximum atomic E-state index is 6.38. The second-order valence-corrected chi connectivity index (χ2v) is 8.30. The van der Waals surface area contributed by atoms with Gasteiger partial charge in [-0.2, -0.15) is 4.98 Å². The number of rotatable bonds is 5. The molecular formula is C20H21Cl2N7O2. The first-order chi connectivity index (χ1) is 15.2. The van der Waals surface area contributed by atoms with E-state index in [9.17, 15) is 0 Å². The van der Waals surface area contributed by atoms with Crippen LogP contribution in [0.15, 0.2) is 28.8 Å². The van der Waals surface area contributed by atoms with Crippen molar-refractivity contribution in [3.63, 3.8) is 0 Å². The first kappa shape index (κ1) is 20.4. The summed E-state index contributed by atoms with van der Waals surface area (Å²) in [5.41, 5.74) is 2.39. The predicted octanol–water partition coefficient (Wildman–Crippen LogP) is 3.10. The molecule has 0 unspecified atom stereocenters. The van der Waals surface area contributed by atoms with E-state index in [0.29, 0.717) is 46.4 Å². The summed E-state index contributed by atoms with van der Waals surface area (Å²) >= 11 is 12.5. The molecule has 0 spiro atoms. The van der Waals surface area contributed by atoms with Crippen LogP contribution in [-0.2, 0) is 17.8 Å². The van der Waals surface area contributed by atoms with Gasteiger partial charge in [-0.3, -0.25) is 4.90 Å². The molecule has 2 aromatic heterocycles. The van der Waals surface area contributed by atoms with E-state index < -0.39 is 0 Å². The van der Waals surface area contributed by atoms with Crippen molar-refractivity contribution in [3.05, 3.63) is 45.7 Å². The molecule has 9 nitrogen and oxygen atoms in total. The van der Waals surface area contributed by atoms with Gasteiger partial charge in [-0.05, 0) is 29.8 Å². The van der Waals surface area contributed by atoms with Crippen molar-refractivity contribution in [2.45, 2.75) is 13.1 Å². The molecule has 3 aromatic rings. The summed E-state index contributed by atoms with van der Waals surface area (Å²) < 4.78 is 10.9. The highest BCUT2D eigenvalue weighted by molar-refractivity contribution is 6.33. The monoisotopic (exact) mass is 461 g/mol. The average molecular weight is 462 g/mol. The third-order valence-electron chi connectivity index (χ3n) is 5.31. The van der Waals surface area contributed by atoms with Crippen LogP contribution in [0.1, 0.15) is 11.4 Å². The molecule has 2 aliphatic heterocycles. The highest BCUT2D eigenvalue weighted by Gasteiger charge is 2.23. The lowest BCUT2D eigenvalue weighted by Crippen LogP contribution is -2.35. The van der Waals surface area contributed by atoms with Crippen molar-refractivity contribution in [2.75, 3.05) is 49.6 Å². The molecule has 0 bridgehead atoms. The molecule has 0 saturated carbocycles. The first-order valence-electron chi connectivity index (χ1n) is 10.1. The van der Waals surface area contributed by atoms with Crippen LogP contribution in [0.2, 0.25) is 10.0 Å². The summed E-state index contributed by atoms with van der Waals surface area (Å²) in [7, 11) is 0. The maximum absolute atomic E-state index is 6.38. The van der Waals surface area contributed by atoms with Gasteiger partial charge >= 0.3 is 0 Å². The Morgan fingerprint density at radius 3 is 2.77 bits per heavy atom. The van der Waals surface area contributed by atoms with Crippen LogP contribution in [0.5, 0.6) is 0 Å². The van der Waals surface area contributed by atoms with Gasteiger partial charge in [0.05, 0.1) is 25.4 Å². The van der Waals surface area contributed by atoms with E-state index in [-0.39, 0.29) is 0 Å². The fraction of sp³-hybridized carbons (Fsp3) is 0.400. The summed E-state index contributed by atoms with van der Waals surface area (Å²) in [5, 5.41) is 17.3. The van der Waals surface area contributed by atoms with E-state index in [2.05, 4.69) is 35.5 Å². The summed E-state index contributed by atoms with van der Waals surface area (Å²) in [6, 6.07) is 7.40. The molecule has 0 radical (unpaired) electrons. The highest BCUT2D eigenvalue weighted by Crippen LogP contribution is 2.32. The zero-order chi connectivity index (χ0) is 21.2. The van der Waals surface area contributed by atoms with Gasteiger partial charge in [-0.1, -0.05) is 28.4 Å². The lowest BCUT2D eigenvalue weighted by molar-refractivity contribution is 0.0327. The fourth-order valence-electron chi connectivity index (χ4n) is 3.70. The van der Waals surface area contributed by atoms with E-state index in [0.717, 1.165) is 50.6 Å². The van der Waals surface area contributed by atoms with Gasteiger partial charge in [0.2, 0.25) is 0 Å². The Hall–Kier alpha value is -2.46. The SMILES string of the molecule is Clc1ccc(Cl)c(CN2CCNc3nnc(-c4nc(CN5CCOCC5)no4)cc32)c1. The van der Waals surface area contributed by atoms with E-state index in [1.54, 1.807) is 6.07 Å². The number of aromatic nitrogens is 4. The standard InChI is InChI=1S/C20H21Cl2N7O2/c21-14-1-2-15(22)13(9-14)11-29-4-3-23-19-17(29)10-16(25-26-19)20-24-18(27-31-20)12-28-5-7-30-8-6-28/h1-2,9-10H,3-8,11-12H2,(H,23,26). The highest BCUT2D eigenvalue weighted by atomic mass is 35.5. The fourth-order valence-corrected chi connectivity index (χ4v) is 4.07. The Morgan fingerprint density at radius 1 is 1.03 bits per heavy atom. The molecule has 0 atom stereocenters. The van der Waals surface area contributed by atoms with E-state index >= 15 is 0 Å². The Labute approximate surface area is 189 Å². The van der Waals surface area contributed by atoms with Gasteiger partial charge in [0.15, 0.2) is 17.3 Å². The van der Waals surface area contributed by atoms with Gasteiger partial charge in [-0.15, -0.1) is 10.2 Å². The molecule has 1 aromatic carbocycles. The van der Waals surface area contributed by atoms with Crippen molar-refractivity contribution in [1.82, 2.24) is 25.2 Å². The quantitative estimate of drug-likeness (QED) is 0.614.